The van der Waals surface area contributed by atoms with Crippen molar-refractivity contribution in [3.8, 4) is 0 Å². The third-order valence-electron chi connectivity index (χ3n) is 3.20. The topological polar surface area (TPSA) is 46.6 Å². The first-order valence-corrected chi connectivity index (χ1v) is 7.25. The molecule has 120 valence electrons. The predicted molar refractivity (Wildman–Crippen MR) is 84.6 cm³/mol. The third-order valence-corrected chi connectivity index (χ3v) is 3.45. The first-order valence-electron chi connectivity index (χ1n) is 6.87. The van der Waals surface area contributed by atoms with Crippen molar-refractivity contribution in [1.82, 2.24) is 4.90 Å². The van der Waals surface area contributed by atoms with Gasteiger partial charge in [-0.1, -0.05) is 29.8 Å². The molecule has 0 heterocycles. The molecule has 0 spiro atoms. The minimum atomic E-state index is -0.616. The van der Waals surface area contributed by atoms with Crippen LogP contribution >= 0.6 is 11.6 Å². The van der Waals surface area contributed by atoms with Crippen molar-refractivity contribution in [2.45, 2.75) is 6.54 Å². The highest BCUT2D eigenvalue weighted by Crippen LogP contribution is 2.11. The molecule has 1 amide bonds. The number of halogens is 2. The van der Waals surface area contributed by atoms with E-state index in [0.29, 0.717) is 16.1 Å². The second-order valence-corrected chi connectivity index (χ2v) is 5.36. The van der Waals surface area contributed by atoms with E-state index in [1.165, 1.54) is 30.1 Å². The number of likely N-dealkylation sites (N-methyl/N-ethyl adjacent to an activating group) is 1. The molecule has 0 aliphatic carbocycles. The Hall–Kier alpha value is -2.40. The molecule has 0 fully saturated rings. The van der Waals surface area contributed by atoms with Crippen LogP contribution in [-0.4, -0.2) is 30.4 Å². The maximum absolute atomic E-state index is 13.5. The van der Waals surface area contributed by atoms with Gasteiger partial charge in [0, 0.05) is 24.2 Å². The van der Waals surface area contributed by atoms with Gasteiger partial charge in [0.1, 0.15) is 5.82 Å². The molecule has 2 aromatic carbocycles. The van der Waals surface area contributed by atoms with E-state index in [9.17, 15) is 14.0 Å². The van der Waals surface area contributed by atoms with E-state index in [0.717, 1.165) is 0 Å². The summed E-state index contributed by atoms with van der Waals surface area (Å²) in [5, 5.41) is 0.502. The summed E-state index contributed by atoms with van der Waals surface area (Å²) < 4.78 is 18.5. The summed E-state index contributed by atoms with van der Waals surface area (Å²) in [5.74, 6) is -1.42. The first-order chi connectivity index (χ1) is 11.0. The van der Waals surface area contributed by atoms with Crippen LogP contribution in [0.4, 0.5) is 4.39 Å². The number of hydrogen-bond donors (Lipinski definition) is 0. The molecular formula is C17H15ClFNO3. The maximum atomic E-state index is 13.5. The van der Waals surface area contributed by atoms with Gasteiger partial charge in [0.15, 0.2) is 6.61 Å². The molecule has 0 aliphatic heterocycles. The highest BCUT2D eigenvalue weighted by atomic mass is 35.5. The molecule has 0 aliphatic rings. The molecule has 2 rings (SSSR count). The minimum Gasteiger partial charge on any atom is -0.452 e. The molecule has 0 N–H and O–H groups in total. The summed E-state index contributed by atoms with van der Waals surface area (Å²) in [7, 11) is 1.52. The molecule has 0 aromatic heterocycles. The van der Waals surface area contributed by atoms with Crippen molar-refractivity contribution in [2.24, 2.45) is 0 Å². The fourth-order valence-electron chi connectivity index (χ4n) is 1.88. The number of carbonyl (C=O) groups is 2. The lowest BCUT2D eigenvalue weighted by Crippen LogP contribution is -2.31. The number of carbonyl (C=O) groups excluding carboxylic acids is 2. The van der Waals surface area contributed by atoms with Crippen molar-refractivity contribution < 1.29 is 18.7 Å². The zero-order valence-electron chi connectivity index (χ0n) is 12.5. The predicted octanol–water partition coefficient (Wildman–Crippen LogP) is 3.29. The number of amides is 1. The van der Waals surface area contributed by atoms with Crippen LogP contribution in [0.1, 0.15) is 15.9 Å². The highest BCUT2D eigenvalue weighted by Gasteiger charge is 2.15. The summed E-state index contributed by atoms with van der Waals surface area (Å²) in [4.78, 5) is 25.1. The molecule has 0 radical (unpaired) electrons. The Labute approximate surface area is 138 Å². The summed E-state index contributed by atoms with van der Waals surface area (Å²) in [6.07, 6.45) is 0. The minimum absolute atomic E-state index is 0.101. The molecule has 23 heavy (non-hydrogen) atoms. The molecule has 0 unspecified atom stereocenters. The van der Waals surface area contributed by atoms with Gasteiger partial charge in [-0.15, -0.1) is 0 Å². The number of ether oxygens (including phenoxy) is 1. The molecule has 0 atom stereocenters. The van der Waals surface area contributed by atoms with Crippen molar-refractivity contribution in [1.29, 1.82) is 0 Å². The summed E-state index contributed by atoms with van der Waals surface area (Å²) >= 11 is 5.73. The molecule has 6 heteroatoms. The van der Waals surface area contributed by atoms with Crippen LogP contribution in [0.25, 0.3) is 0 Å². The van der Waals surface area contributed by atoms with Crippen molar-refractivity contribution in [3.63, 3.8) is 0 Å². The number of nitrogens with zero attached hydrogens (tertiary/aromatic N) is 1. The van der Waals surface area contributed by atoms with Crippen LogP contribution in [0.5, 0.6) is 0 Å². The van der Waals surface area contributed by atoms with Crippen LogP contribution in [0, 0.1) is 5.82 Å². The van der Waals surface area contributed by atoms with Gasteiger partial charge in [0.25, 0.3) is 5.91 Å². The van der Waals surface area contributed by atoms with Crippen molar-refractivity contribution >= 4 is 23.5 Å². The maximum Gasteiger partial charge on any atom is 0.338 e. The Morgan fingerprint density at radius 2 is 1.78 bits per heavy atom. The van der Waals surface area contributed by atoms with Gasteiger partial charge < -0.3 is 9.64 Å². The van der Waals surface area contributed by atoms with Crippen LogP contribution in [0.15, 0.2) is 48.5 Å². The summed E-state index contributed by atoms with van der Waals surface area (Å²) in [6.45, 7) is -0.309. The second-order valence-electron chi connectivity index (χ2n) is 4.92. The van der Waals surface area contributed by atoms with E-state index in [4.69, 9.17) is 16.3 Å². The SMILES string of the molecule is CN(Cc1ccccc1F)C(=O)COC(=O)c1ccc(Cl)cc1. The van der Waals surface area contributed by atoms with E-state index in [2.05, 4.69) is 0 Å². The van der Waals surface area contributed by atoms with E-state index < -0.39 is 18.5 Å². The van der Waals surface area contributed by atoms with E-state index >= 15 is 0 Å². The fraction of sp³-hybridized carbons (Fsp3) is 0.176. The van der Waals surface area contributed by atoms with E-state index in [1.807, 2.05) is 0 Å². The van der Waals surface area contributed by atoms with Crippen LogP contribution < -0.4 is 0 Å². The van der Waals surface area contributed by atoms with Gasteiger partial charge in [-0.2, -0.15) is 0 Å². The van der Waals surface area contributed by atoms with E-state index in [-0.39, 0.29) is 12.4 Å². The van der Waals surface area contributed by atoms with Gasteiger partial charge in [-0.05, 0) is 30.3 Å². The lowest BCUT2D eigenvalue weighted by atomic mass is 10.2. The largest absolute Gasteiger partial charge is 0.452 e. The number of benzene rings is 2. The number of hydrogen-bond acceptors (Lipinski definition) is 3. The van der Waals surface area contributed by atoms with Crippen molar-refractivity contribution in [2.75, 3.05) is 13.7 Å². The number of esters is 1. The Morgan fingerprint density at radius 3 is 2.43 bits per heavy atom. The van der Waals surface area contributed by atoms with Crippen molar-refractivity contribution in [3.05, 3.63) is 70.5 Å². The summed E-state index contributed by atoms with van der Waals surface area (Å²) in [5.41, 5.74) is 0.700. The van der Waals surface area contributed by atoms with Gasteiger partial charge >= 0.3 is 5.97 Å². The average molecular weight is 336 g/mol. The molecule has 2 aromatic rings. The quantitative estimate of drug-likeness (QED) is 0.788. The fourth-order valence-corrected chi connectivity index (χ4v) is 2.00. The Bertz CT molecular complexity index is 703. The highest BCUT2D eigenvalue weighted by molar-refractivity contribution is 6.30. The average Bonchev–Trinajstić information content (AvgIpc) is 2.55. The Balaban J connectivity index is 1.87. The Kier molecular flexibility index (Phi) is 5.71. The van der Waals surface area contributed by atoms with Gasteiger partial charge in [0.05, 0.1) is 5.56 Å². The van der Waals surface area contributed by atoms with Crippen LogP contribution in [-0.2, 0) is 16.1 Å². The Morgan fingerprint density at radius 1 is 1.13 bits per heavy atom. The van der Waals surface area contributed by atoms with Crippen LogP contribution in [0.2, 0.25) is 5.02 Å². The normalized spacial score (nSPS) is 10.2. The van der Waals surface area contributed by atoms with Gasteiger partial charge in [0.2, 0.25) is 0 Å². The lowest BCUT2D eigenvalue weighted by Gasteiger charge is -2.17. The lowest BCUT2D eigenvalue weighted by molar-refractivity contribution is -0.133. The zero-order chi connectivity index (χ0) is 16.8. The molecule has 0 saturated heterocycles. The number of rotatable bonds is 5. The molecule has 0 saturated carbocycles. The molecular weight excluding hydrogens is 321 g/mol. The first kappa shape index (κ1) is 17.0. The third kappa shape index (κ3) is 4.79. The monoisotopic (exact) mass is 335 g/mol. The van der Waals surface area contributed by atoms with Gasteiger partial charge in [-0.3, -0.25) is 4.79 Å². The molecule has 0 bridgehead atoms. The van der Waals surface area contributed by atoms with Gasteiger partial charge in [-0.25, -0.2) is 9.18 Å². The summed E-state index contributed by atoms with van der Waals surface area (Å²) in [6, 6.07) is 12.3. The second kappa shape index (κ2) is 7.74. The zero-order valence-corrected chi connectivity index (χ0v) is 13.2. The standard InChI is InChI=1S/C17H15ClFNO3/c1-20(10-13-4-2-3-5-15(13)19)16(21)11-23-17(22)12-6-8-14(18)9-7-12/h2-9H,10-11H2,1H3. The molecule has 4 nitrogen and oxygen atoms in total. The van der Waals surface area contributed by atoms with E-state index in [1.54, 1.807) is 30.3 Å². The smallest absolute Gasteiger partial charge is 0.338 e. The van der Waals surface area contributed by atoms with Crippen LogP contribution in [0.3, 0.4) is 0 Å².